The first kappa shape index (κ1) is 23.6. The molecule has 0 amide bonds. The van der Waals surface area contributed by atoms with E-state index in [9.17, 15) is 14.3 Å². The van der Waals surface area contributed by atoms with Crippen molar-refractivity contribution >= 4 is 23.4 Å². The molecule has 3 aliphatic rings. The lowest BCUT2D eigenvalue weighted by molar-refractivity contribution is 0.276. The zero-order valence-electron chi connectivity index (χ0n) is 20.2. The molecule has 0 bridgehead atoms. The Bertz CT molecular complexity index is 1530. The topological polar surface area (TPSA) is 86.8 Å². The molecule has 1 aliphatic carbocycles. The number of phenolic OH excluding ortho intramolecular Hbond substituents is 1. The van der Waals surface area contributed by atoms with Crippen LogP contribution in [0.15, 0.2) is 70.5 Å². The molecule has 190 valence electrons. The largest absolute Gasteiger partial charge is 0.507 e. The van der Waals surface area contributed by atoms with Gasteiger partial charge in [0.1, 0.15) is 11.6 Å². The van der Waals surface area contributed by atoms with Gasteiger partial charge in [0, 0.05) is 68.7 Å². The van der Waals surface area contributed by atoms with Gasteiger partial charge in [-0.1, -0.05) is 23.7 Å². The van der Waals surface area contributed by atoms with Crippen LogP contribution >= 0.6 is 11.6 Å². The molecule has 3 aromatic rings. The van der Waals surface area contributed by atoms with Crippen molar-refractivity contribution in [1.82, 2.24) is 24.8 Å². The molecule has 3 heterocycles. The minimum absolute atomic E-state index is 0.0402. The number of imidazole rings is 1. The monoisotopic (exact) mass is 520 g/mol. The molecule has 2 aromatic carbocycles. The van der Waals surface area contributed by atoms with Crippen LogP contribution in [-0.4, -0.2) is 57.6 Å². The van der Waals surface area contributed by atoms with E-state index in [1.165, 1.54) is 21.3 Å². The average Bonchev–Trinajstić information content (AvgIpc) is 3.51. The van der Waals surface area contributed by atoms with Gasteiger partial charge in [0.15, 0.2) is 0 Å². The van der Waals surface area contributed by atoms with Crippen molar-refractivity contribution in [2.24, 2.45) is 18.1 Å². The molecular formula is C27H26ClFN6O2. The summed E-state index contributed by atoms with van der Waals surface area (Å²) in [6.07, 6.45) is 9.20. The van der Waals surface area contributed by atoms with E-state index in [1.54, 1.807) is 37.6 Å². The third kappa shape index (κ3) is 4.14. The summed E-state index contributed by atoms with van der Waals surface area (Å²) < 4.78 is 17.9. The van der Waals surface area contributed by atoms with Gasteiger partial charge in [-0.05, 0) is 41.5 Å². The van der Waals surface area contributed by atoms with E-state index in [0.717, 1.165) is 37.4 Å². The molecule has 0 saturated carbocycles. The smallest absolute Gasteiger partial charge is 0.332 e. The third-order valence-electron chi connectivity index (χ3n) is 7.18. The number of rotatable bonds is 4. The zero-order valence-corrected chi connectivity index (χ0v) is 20.9. The quantitative estimate of drug-likeness (QED) is 0.492. The van der Waals surface area contributed by atoms with Crippen LogP contribution in [0.1, 0.15) is 5.56 Å². The first-order valence-electron chi connectivity index (χ1n) is 12.2. The summed E-state index contributed by atoms with van der Waals surface area (Å²) in [5.74, 6) is -0.426. The van der Waals surface area contributed by atoms with Crippen LogP contribution < -0.4 is 16.4 Å². The molecule has 0 spiro atoms. The van der Waals surface area contributed by atoms with Crippen LogP contribution in [0.5, 0.6) is 5.75 Å². The van der Waals surface area contributed by atoms with Gasteiger partial charge in [0.05, 0.1) is 22.7 Å². The maximum absolute atomic E-state index is 15.0. The normalized spacial score (nSPS) is 20.9. The first-order chi connectivity index (χ1) is 17.9. The molecule has 10 heteroatoms. The van der Waals surface area contributed by atoms with Gasteiger partial charge < -0.3 is 25.3 Å². The third-order valence-corrected chi connectivity index (χ3v) is 7.49. The van der Waals surface area contributed by atoms with Crippen molar-refractivity contribution in [3.05, 3.63) is 87.5 Å². The van der Waals surface area contributed by atoms with Crippen LogP contribution in [0, 0.1) is 11.7 Å². The lowest BCUT2D eigenvalue weighted by Crippen LogP contribution is -2.46. The van der Waals surface area contributed by atoms with E-state index in [0.29, 0.717) is 27.4 Å². The van der Waals surface area contributed by atoms with Crippen molar-refractivity contribution in [2.75, 3.05) is 26.2 Å². The maximum Gasteiger partial charge on any atom is 0.332 e. The number of piperazine rings is 1. The summed E-state index contributed by atoms with van der Waals surface area (Å²) in [5, 5.41) is 19.3. The predicted molar refractivity (Wildman–Crippen MR) is 142 cm³/mol. The molecule has 8 nitrogen and oxygen atoms in total. The van der Waals surface area contributed by atoms with Crippen LogP contribution in [0.25, 0.3) is 22.4 Å². The van der Waals surface area contributed by atoms with Gasteiger partial charge in [-0.15, -0.1) is 0 Å². The summed E-state index contributed by atoms with van der Waals surface area (Å²) in [4.78, 5) is 14.7. The lowest BCUT2D eigenvalue weighted by Gasteiger charge is -2.37. The fourth-order valence-corrected chi connectivity index (χ4v) is 5.50. The number of nitrogens with one attached hydrogen (secondary N) is 2. The van der Waals surface area contributed by atoms with Crippen molar-refractivity contribution in [1.29, 1.82) is 0 Å². The van der Waals surface area contributed by atoms with Crippen LogP contribution in [0.2, 0.25) is 5.02 Å². The summed E-state index contributed by atoms with van der Waals surface area (Å²) in [5.41, 5.74) is 6.49. The van der Waals surface area contributed by atoms with Gasteiger partial charge in [-0.3, -0.25) is 4.57 Å². The number of hydrazone groups is 1. The number of nitrogens with zero attached hydrogens (tertiary/aromatic N) is 4. The summed E-state index contributed by atoms with van der Waals surface area (Å²) in [7, 11) is 1.66. The maximum atomic E-state index is 15.0. The van der Waals surface area contributed by atoms with Crippen molar-refractivity contribution < 1.29 is 9.50 Å². The van der Waals surface area contributed by atoms with Gasteiger partial charge in [0.25, 0.3) is 0 Å². The van der Waals surface area contributed by atoms with E-state index in [1.807, 2.05) is 18.4 Å². The number of allylic oxidation sites excluding steroid dienone is 2. The molecule has 37 heavy (non-hydrogen) atoms. The number of hydrogen-bond donors (Lipinski definition) is 3. The average molecular weight is 521 g/mol. The molecule has 3 N–H and O–H groups in total. The molecule has 2 unspecified atom stereocenters. The molecule has 1 saturated heterocycles. The number of aromatic nitrogens is 2. The Balaban J connectivity index is 1.41. The molecule has 2 aliphatic heterocycles. The molecule has 6 rings (SSSR count). The Hall–Kier alpha value is -3.82. The second-order valence-corrected chi connectivity index (χ2v) is 9.87. The van der Waals surface area contributed by atoms with Crippen LogP contribution in [0.4, 0.5) is 4.39 Å². The second kappa shape index (κ2) is 9.24. The molecule has 2 atom stereocenters. The highest BCUT2D eigenvalue weighted by atomic mass is 35.5. The second-order valence-electron chi connectivity index (χ2n) is 9.46. The van der Waals surface area contributed by atoms with Crippen molar-refractivity contribution in [3.8, 4) is 22.6 Å². The minimum Gasteiger partial charge on any atom is -0.507 e. The molecular weight excluding hydrogens is 495 g/mol. The molecule has 0 radical (unpaired) electrons. The highest BCUT2D eigenvalue weighted by Crippen LogP contribution is 2.41. The fraction of sp³-hybridized carbons (Fsp3) is 0.259. The predicted octanol–water partition coefficient (Wildman–Crippen LogP) is 3.10. The number of aryl methyl sites for hydroxylation is 1. The standard InChI is InChI=1S/C27H26ClFN6O2/c1-33-8-9-35(27(33)37)24-3-2-16(10-22(24)28)19-13-18(29)14-20(26(19)36)17-11-23-21(15-31-32-23)25(12-17)34-6-4-30-5-7-34/h2-3,8-15,21,23,30,32,36H,4-7H2,1H3. The number of halogens is 2. The summed E-state index contributed by atoms with van der Waals surface area (Å²) in [6, 6.07) is 7.62. The van der Waals surface area contributed by atoms with E-state index in [2.05, 4.69) is 20.7 Å². The summed E-state index contributed by atoms with van der Waals surface area (Å²) in [6.45, 7) is 3.51. The minimum atomic E-state index is -0.474. The number of hydrogen-bond acceptors (Lipinski definition) is 6. The first-order valence-corrected chi connectivity index (χ1v) is 12.5. The summed E-state index contributed by atoms with van der Waals surface area (Å²) >= 11 is 6.54. The Labute approximate surface area is 218 Å². The van der Waals surface area contributed by atoms with E-state index < -0.39 is 5.82 Å². The Morgan fingerprint density at radius 3 is 2.65 bits per heavy atom. The zero-order chi connectivity index (χ0) is 25.7. The number of phenols is 1. The van der Waals surface area contributed by atoms with E-state index in [-0.39, 0.29) is 23.4 Å². The van der Waals surface area contributed by atoms with E-state index in [4.69, 9.17) is 11.6 Å². The van der Waals surface area contributed by atoms with Gasteiger partial charge in [-0.2, -0.15) is 5.10 Å². The number of fused-ring (bicyclic) bond motifs is 1. The van der Waals surface area contributed by atoms with Gasteiger partial charge >= 0.3 is 5.69 Å². The van der Waals surface area contributed by atoms with Crippen LogP contribution in [0.3, 0.4) is 0 Å². The Morgan fingerprint density at radius 2 is 1.92 bits per heavy atom. The number of aromatic hydroxyl groups is 1. The van der Waals surface area contributed by atoms with Gasteiger partial charge in [0.2, 0.25) is 0 Å². The van der Waals surface area contributed by atoms with Crippen molar-refractivity contribution in [3.63, 3.8) is 0 Å². The highest BCUT2D eigenvalue weighted by Gasteiger charge is 2.34. The number of benzene rings is 2. The lowest BCUT2D eigenvalue weighted by atomic mass is 9.85. The molecule has 1 fully saturated rings. The SMILES string of the molecule is Cn1ccn(-c2ccc(-c3cc(F)cc(C4=CC5NN=CC5C(N5CCNCC5)=C4)c3O)cc2Cl)c1=O. The Morgan fingerprint density at radius 1 is 1.14 bits per heavy atom. The van der Waals surface area contributed by atoms with Gasteiger partial charge in [-0.25, -0.2) is 9.18 Å². The Kier molecular flexibility index (Phi) is 5.89. The fourth-order valence-electron chi connectivity index (χ4n) is 5.23. The van der Waals surface area contributed by atoms with E-state index >= 15 is 0 Å². The van der Waals surface area contributed by atoms with Crippen LogP contribution in [-0.2, 0) is 7.05 Å². The highest BCUT2D eigenvalue weighted by molar-refractivity contribution is 6.32. The van der Waals surface area contributed by atoms with Crippen molar-refractivity contribution in [2.45, 2.75) is 6.04 Å². The molecule has 1 aromatic heterocycles.